The summed E-state index contributed by atoms with van der Waals surface area (Å²) in [6, 6.07) is 57.9. The molecule has 0 saturated heterocycles. The van der Waals surface area contributed by atoms with Crippen molar-refractivity contribution in [3.8, 4) is 11.1 Å². The first kappa shape index (κ1) is 37.8. The highest BCUT2D eigenvalue weighted by Crippen LogP contribution is 2.58. The molecular formula is C61H46N2O. The van der Waals surface area contributed by atoms with Gasteiger partial charge in [-0.15, -0.1) is 0 Å². The highest BCUT2D eigenvalue weighted by Gasteiger charge is 2.47. The minimum Gasteiger partial charge on any atom is -0.456 e. The van der Waals surface area contributed by atoms with Gasteiger partial charge in [0.15, 0.2) is 0 Å². The van der Waals surface area contributed by atoms with Crippen LogP contribution in [-0.4, -0.2) is 0 Å². The molecule has 0 N–H and O–H groups in total. The van der Waals surface area contributed by atoms with Crippen LogP contribution in [0.4, 0.5) is 28.4 Å². The molecule has 12 rings (SSSR count). The minimum absolute atomic E-state index is 0.464. The van der Waals surface area contributed by atoms with Gasteiger partial charge in [0.2, 0.25) is 0 Å². The van der Waals surface area contributed by atoms with Crippen molar-refractivity contribution in [3.63, 3.8) is 0 Å². The van der Waals surface area contributed by atoms with Crippen LogP contribution in [-0.2, 0) is 5.41 Å². The predicted octanol–water partition coefficient (Wildman–Crippen LogP) is 16.6. The Labute approximate surface area is 374 Å². The van der Waals surface area contributed by atoms with Crippen molar-refractivity contribution in [2.75, 3.05) is 9.80 Å². The Morgan fingerprint density at radius 2 is 1.28 bits per heavy atom. The number of anilines is 5. The fourth-order valence-corrected chi connectivity index (χ4v) is 10.6. The number of para-hydroxylation sites is 1. The summed E-state index contributed by atoms with van der Waals surface area (Å²) in [6.45, 7) is 4.55. The quantitative estimate of drug-likeness (QED) is 0.160. The van der Waals surface area contributed by atoms with Crippen molar-refractivity contribution in [2.45, 2.75) is 31.1 Å². The molecule has 1 atom stereocenters. The lowest BCUT2D eigenvalue weighted by atomic mass is 9.66. The minimum atomic E-state index is -0.464. The first-order chi connectivity index (χ1) is 31.7. The van der Waals surface area contributed by atoms with E-state index in [1.807, 2.05) is 12.1 Å². The van der Waals surface area contributed by atoms with Gasteiger partial charge >= 0.3 is 0 Å². The monoisotopic (exact) mass is 822 g/mol. The van der Waals surface area contributed by atoms with Gasteiger partial charge in [-0.25, -0.2) is 0 Å². The van der Waals surface area contributed by atoms with Crippen LogP contribution in [0.2, 0.25) is 0 Å². The van der Waals surface area contributed by atoms with Crippen LogP contribution >= 0.6 is 0 Å². The number of benzene rings is 7. The summed E-state index contributed by atoms with van der Waals surface area (Å²) in [6.07, 6.45) is 26.7. The molecule has 4 aliphatic rings. The Kier molecular flexibility index (Phi) is 9.15. The zero-order valence-corrected chi connectivity index (χ0v) is 35.6. The number of fused-ring (bicyclic) bond motifs is 8. The average molecular weight is 823 g/mol. The first-order valence-corrected chi connectivity index (χ1v) is 22.5. The van der Waals surface area contributed by atoms with Crippen LogP contribution < -0.4 is 9.80 Å². The number of rotatable bonds is 7. The number of allylic oxidation sites excluding steroid dienone is 12. The summed E-state index contributed by atoms with van der Waals surface area (Å²) in [7, 11) is 0. The molecule has 64 heavy (non-hydrogen) atoms. The van der Waals surface area contributed by atoms with Crippen LogP contribution in [0, 0.1) is 0 Å². The summed E-state index contributed by atoms with van der Waals surface area (Å²) >= 11 is 0. The Morgan fingerprint density at radius 3 is 2.08 bits per heavy atom. The Balaban J connectivity index is 1.02. The summed E-state index contributed by atoms with van der Waals surface area (Å²) in [5, 5.41) is 2.17. The molecule has 3 heteroatoms. The van der Waals surface area contributed by atoms with E-state index < -0.39 is 5.41 Å². The second-order valence-electron chi connectivity index (χ2n) is 17.1. The van der Waals surface area contributed by atoms with E-state index in [0.29, 0.717) is 0 Å². The van der Waals surface area contributed by atoms with Gasteiger partial charge in [0.1, 0.15) is 11.2 Å². The lowest BCUT2D eigenvalue weighted by Gasteiger charge is -2.36. The van der Waals surface area contributed by atoms with Crippen LogP contribution in [0.3, 0.4) is 0 Å². The summed E-state index contributed by atoms with van der Waals surface area (Å²) < 4.78 is 6.35. The topological polar surface area (TPSA) is 19.6 Å². The molecule has 0 fully saturated rings. The molecule has 0 radical (unpaired) electrons. The van der Waals surface area contributed by atoms with E-state index in [1.54, 1.807) is 0 Å². The van der Waals surface area contributed by atoms with Gasteiger partial charge in [-0.2, -0.15) is 0 Å². The van der Waals surface area contributed by atoms with Crippen molar-refractivity contribution >= 4 is 61.5 Å². The summed E-state index contributed by atoms with van der Waals surface area (Å²) in [5.41, 5.74) is 19.0. The molecule has 0 saturated carbocycles. The van der Waals surface area contributed by atoms with Gasteiger partial charge in [0.25, 0.3) is 0 Å². The maximum atomic E-state index is 6.35. The number of nitrogens with zero attached hydrogens (tertiary/aromatic N) is 2. The Hall–Kier alpha value is -7.88. The predicted molar refractivity (Wildman–Crippen MR) is 269 cm³/mol. The third-order valence-corrected chi connectivity index (χ3v) is 13.5. The van der Waals surface area contributed by atoms with E-state index in [2.05, 4.69) is 223 Å². The molecular weight excluding hydrogens is 777 g/mol. The zero-order chi connectivity index (χ0) is 42.6. The second-order valence-corrected chi connectivity index (χ2v) is 17.1. The second kappa shape index (κ2) is 15.5. The zero-order valence-electron chi connectivity index (χ0n) is 35.6. The van der Waals surface area contributed by atoms with Crippen LogP contribution in [0.1, 0.15) is 53.5 Å². The van der Waals surface area contributed by atoms with Gasteiger partial charge in [-0.3, -0.25) is 0 Å². The number of hydrogen-bond acceptors (Lipinski definition) is 3. The molecule has 1 unspecified atom stereocenters. The van der Waals surface area contributed by atoms with E-state index in [4.69, 9.17) is 4.42 Å². The summed E-state index contributed by atoms with van der Waals surface area (Å²) in [5.74, 6) is 0. The average Bonchev–Trinajstić information content (AvgIpc) is 3.88. The lowest BCUT2D eigenvalue weighted by Crippen LogP contribution is -2.29. The van der Waals surface area contributed by atoms with Crippen molar-refractivity contribution in [2.24, 2.45) is 0 Å². The lowest BCUT2D eigenvalue weighted by molar-refractivity contribution is 0.669. The van der Waals surface area contributed by atoms with E-state index in [9.17, 15) is 0 Å². The third kappa shape index (κ3) is 6.03. The molecule has 1 aliphatic heterocycles. The van der Waals surface area contributed by atoms with E-state index in [-0.39, 0.29) is 0 Å². The van der Waals surface area contributed by atoms with E-state index in [0.717, 1.165) is 87.2 Å². The SMILES string of the molecule is C=C1/C=C\C=C/N(c2ccc(N(c3ccc(C4=CCCC=C4)cc3)c3ccc4c(c3)C(C3=CCCC=C3)(c3ccccc3)c3ccccc3-4)cc2)c2ccc3oc4ccccc4c3c21. The maximum absolute atomic E-state index is 6.35. The molecule has 0 bridgehead atoms. The third-order valence-electron chi connectivity index (χ3n) is 13.5. The smallest absolute Gasteiger partial charge is 0.136 e. The highest BCUT2D eigenvalue weighted by molar-refractivity contribution is 6.14. The molecule has 7 aromatic carbocycles. The largest absolute Gasteiger partial charge is 0.456 e. The van der Waals surface area contributed by atoms with Crippen molar-refractivity contribution in [1.82, 2.24) is 0 Å². The molecule has 3 nitrogen and oxygen atoms in total. The Bertz CT molecular complexity index is 3340. The van der Waals surface area contributed by atoms with Crippen molar-refractivity contribution < 1.29 is 4.42 Å². The highest BCUT2D eigenvalue weighted by atomic mass is 16.3. The Morgan fingerprint density at radius 1 is 0.562 bits per heavy atom. The van der Waals surface area contributed by atoms with E-state index >= 15 is 0 Å². The fraction of sp³-hybridized carbons (Fsp3) is 0.0820. The molecule has 0 spiro atoms. The number of hydrogen-bond donors (Lipinski definition) is 0. The fourth-order valence-electron chi connectivity index (χ4n) is 10.6. The van der Waals surface area contributed by atoms with Gasteiger partial charge in [0.05, 0.1) is 11.1 Å². The molecule has 8 aromatic rings. The molecule has 306 valence electrons. The normalized spacial score (nSPS) is 18.4. The van der Waals surface area contributed by atoms with Crippen LogP contribution in [0.25, 0.3) is 44.2 Å². The maximum Gasteiger partial charge on any atom is 0.136 e. The molecule has 2 heterocycles. The molecule has 1 aromatic heterocycles. The van der Waals surface area contributed by atoms with Crippen molar-refractivity contribution in [1.29, 1.82) is 0 Å². The molecule has 3 aliphatic carbocycles. The van der Waals surface area contributed by atoms with Gasteiger partial charge < -0.3 is 14.2 Å². The first-order valence-electron chi connectivity index (χ1n) is 22.5. The van der Waals surface area contributed by atoms with Gasteiger partial charge in [-0.1, -0.05) is 146 Å². The standard InChI is InChI=1S/C61H46N2O/c1-42-17-15-16-40-62(56-38-39-58-60(59(42)56)53-25-12-14-27-57(53)64-58)47-32-34-49(35-33-47)63(48-30-28-44(29-31-48)43-18-5-2-6-19-43)50-36-37-52-51-24-11-13-26-54(51)61(55(52)41-50,45-20-7-3-8-21-45)46-22-9-4-10-23-46/h3,5,7-9,11-41H,1-2,4,6,10H2/b17-15-,40-16-. The van der Waals surface area contributed by atoms with Crippen molar-refractivity contribution in [3.05, 3.63) is 259 Å². The van der Waals surface area contributed by atoms with Crippen LogP contribution in [0.15, 0.2) is 235 Å². The number of furan rings is 1. The summed E-state index contributed by atoms with van der Waals surface area (Å²) in [4.78, 5) is 4.69. The van der Waals surface area contributed by atoms with Crippen LogP contribution in [0.5, 0.6) is 0 Å². The molecule has 0 amide bonds. The van der Waals surface area contributed by atoms with Gasteiger partial charge in [-0.05, 0) is 149 Å². The van der Waals surface area contributed by atoms with Gasteiger partial charge in [0, 0.05) is 45.3 Å². The van der Waals surface area contributed by atoms with E-state index in [1.165, 1.54) is 44.5 Å².